The standard InChI is InChI=1S/C29H29N7/c30-20-7-1-17(2-8-20)25-26(18-3-9-21(31)10-4-18)29(35)36(24-15-13-23(33)14-16-24)28(27(25)34)19-5-11-22(32)12-6-19/h1-16,29H,30-35H2. The van der Waals surface area contributed by atoms with Gasteiger partial charge in [-0.3, -0.25) is 0 Å². The highest BCUT2D eigenvalue weighted by molar-refractivity contribution is 6.09. The van der Waals surface area contributed by atoms with Crippen LogP contribution in [0.3, 0.4) is 0 Å². The minimum absolute atomic E-state index is 0.579. The van der Waals surface area contributed by atoms with Crippen LogP contribution in [0.4, 0.5) is 28.4 Å². The van der Waals surface area contributed by atoms with Crippen molar-refractivity contribution in [2.45, 2.75) is 6.17 Å². The molecule has 1 heterocycles. The molecule has 0 spiro atoms. The van der Waals surface area contributed by atoms with E-state index in [1.165, 1.54) is 0 Å². The van der Waals surface area contributed by atoms with Gasteiger partial charge in [-0.25, -0.2) is 0 Å². The number of hydrogen-bond acceptors (Lipinski definition) is 7. The molecule has 1 aliphatic rings. The summed E-state index contributed by atoms with van der Waals surface area (Å²) in [6.45, 7) is 0. The molecule has 5 rings (SSSR count). The summed E-state index contributed by atoms with van der Waals surface area (Å²) in [5.41, 5.74) is 47.4. The lowest BCUT2D eigenvalue weighted by Crippen LogP contribution is -2.46. The van der Waals surface area contributed by atoms with Gasteiger partial charge in [0.1, 0.15) is 6.17 Å². The van der Waals surface area contributed by atoms with E-state index in [9.17, 15) is 0 Å². The van der Waals surface area contributed by atoms with Crippen molar-refractivity contribution in [3.05, 3.63) is 119 Å². The molecule has 0 fully saturated rings. The third kappa shape index (κ3) is 4.08. The lowest BCUT2D eigenvalue weighted by atomic mass is 9.85. The summed E-state index contributed by atoms with van der Waals surface area (Å²) in [6, 6.07) is 30.5. The summed E-state index contributed by atoms with van der Waals surface area (Å²) in [4.78, 5) is 2.03. The summed E-state index contributed by atoms with van der Waals surface area (Å²) in [6.07, 6.45) is -0.579. The molecular formula is C29H29N7. The van der Waals surface area contributed by atoms with Crippen LogP contribution in [0.5, 0.6) is 0 Å². The highest BCUT2D eigenvalue weighted by Gasteiger charge is 2.35. The van der Waals surface area contributed by atoms with Gasteiger partial charge in [0.2, 0.25) is 0 Å². The molecule has 180 valence electrons. The van der Waals surface area contributed by atoms with Gasteiger partial charge in [-0.2, -0.15) is 0 Å². The molecular weight excluding hydrogens is 446 g/mol. The predicted octanol–water partition coefficient (Wildman–Crippen LogP) is 4.06. The van der Waals surface area contributed by atoms with Gasteiger partial charge in [-0.05, 0) is 71.8 Å². The van der Waals surface area contributed by atoms with Crippen LogP contribution in [0.15, 0.2) is 103 Å². The van der Waals surface area contributed by atoms with Crippen molar-refractivity contribution in [2.24, 2.45) is 11.5 Å². The van der Waals surface area contributed by atoms with Crippen molar-refractivity contribution in [3.63, 3.8) is 0 Å². The fourth-order valence-corrected chi connectivity index (χ4v) is 4.61. The maximum atomic E-state index is 7.11. The Morgan fingerprint density at radius 1 is 0.472 bits per heavy atom. The van der Waals surface area contributed by atoms with E-state index in [0.717, 1.165) is 39.2 Å². The molecule has 0 aromatic heterocycles. The van der Waals surface area contributed by atoms with Crippen LogP contribution in [0.25, 0.3) is 16.8 Å². The molecule has 0 radical (unpaired) electrons. The van der Waals surface area contributed by atoms with Crippen molar-refractivity contribution in [1.82, 2.24) is 0 Å². The van der Waals surface area contributed by atoms with Gasteiger partial charge >= 0.3 is 0 Å². The maximum Gasteiger partial charge on any atom is 0.109 e. The average Bonchev–Trinajstić information content (AvgIpc) is 2.87. The van der Waals surface area contributed by atoms with Gasteiger partial charge < -0.3 is 39.3 Å². The van der Waals surface area contributed by atoms with Gasteiger partial charge in [0, 0.05) is 45.1 Å². The smallest absolute Gasteiger partial charge is 0.109 e. The largest absolute Gasteiger partial charge is 0.399 e. The molecule has 0 saturated carbocycles. The van der Waals surface area contributed by atoms with Gasteiger partial charge in [-0.1, -0.05) is 36.4 Å². The second-order valence-electron chi connectivity index (χ2n) is 8.82. The molecule has 1 aliphatic heterocycles. The molecule has 4 aromatic rings. The third-order valence-corrected chi connectivity index (χ3v) is 6.39. The van der Waals surface area contributed by atoms with Crippen LogP contribution in [0.1, 0.15) is 16.7 Å². The molecule has 0 amide bonds. The number of nitrogens with zero attached hydrogens (tertiary/aromatic N) is 1. The molecule has 7 heteroatoms. The molecule has 0 bridgehead atoms. The fraction of sp³-hybridized carbons (Fsp3) is 0.0345. The zero-order valence-corrected chi connectivity index (χ0v) is 19.7. The van der Waals surface area contributed by atoms with E-state index in [4.69, 9.17) is 34.4 Å². The normalized spacial score (nSPS) is 15.9. The molecule has 0 saturated heterocycles. The summed E-state index contributed by atoms with van der Waals surface area (Å²) in [7, 11) is 0. The lowest BCUT2D eigenvalue weighted by molar-refractivity contribution is 0.836. The first-order chi connectivity index (χ1) is 17.3. The topological polar surface area (TPSA) is 159 Å². The molecule has 1 atom stereocenters. The molecule has 0 aliphatic carbocycles. The Kier molecular flexibility index (Phi) is 5.76. The van der Waals surface area contributed by atoms with Crippen molar-refractivity contribution in [3.8, 4) is 0 Å². The van der Waals surface area contributed by atoms with Gasteiger partial charge in [0.25, 0.3) is 0 Å². The van der Waals surface area contributed by atoms with Crippen LogP contribution >= 0.6 is 0 Å². The average molecular weight is 476 g/mol. The fourth-order valence-electron chi connectivity index (χ4n) is 4.61. The molecule has 7 nitrogen and oxygen atoms in total. The monoisotopic (exact) mass is 475 g/mol. The summed E-state index contributed by atoms with van der Waals surface area (Å²) >= 11 is 0. The third-order valence-electron chi connectivity index (χ3n) is 6.39. The summed E-state index contributed by atoms with van der Waals surface area (Å²) in [5, 5.41) is 0. The molecule has 12 N–H and O–H groups in total. The van der Waals surface area contributed by atoms with E-state index < -0.39 is 6.17 Å². The zero-order chi connectivity index (χ0) is 25.4. The number of anilines is 5. The lowest BCUT2D eigenvalue weighted by Gasteiger charge is -2.41. The molecule has 1 unspecified atom stereocenters. The number of nitrogens with two attached hydrogens (primary N) is 6. The van der Waals surface area contributed by atoms with Crippen molar-refractivity contribution < 1.29 is 0 Å². The zero-order valence-electron chi connectivity index (χ0n) is 19.7. The van der Waals surface area contributed by atoms with E-state index >= 15 is 0 Å². The quantitative estimate of drug-likeness (QED) is 0.243. The number of rotatable bonds is 4. The second-order valence-corrected chi connectivity index (χ2v) is 8.82. The van der Waals surface area contributed by atoms with E-state index in [2.05, 4.69) is 0 Å². The molecule has 4 aromatic carbocycles. The van der Waals surface area contributed by atoms with E-state index in [-0.39, 0.29) is 0 Å². The Morgan fingerprint density at radius 3 is 1.33 bits per heavy atom. The Balaban J connectivity index is 1.84. The van der Waals surface area contributed by atoms with Crippen LogP contribution < -0.4 is 39.3 Å². The Hall–Kier alpha value is -4.88. The number of nitrogen functional groups attached to an aromatic ring is 4. The van der Waals surface area contributed by atoms with E-state index in [0.29, 0.717) is 28.4 Å². The maximum absolute atomic E-state index is 7.11. The minimum atomic E-state index is -0.579. The van der Waals surface area contributed by atoms with E-state index in [1.54, 1.807) is 0 Å². The Labute approximate surface area is 210 Å². The highest BCUT2D eigenvalue weighted by Crippen LogP contribution is 2.45. The Morgan fingerprint density at radius 2 is 0.861 bits per heavy atom. The van der Waals surface area contributed by atoms with E-state index in [1.807, 2.05) is 102 Å². The summed E-state index contributed by atoms with van der Waals surface area (Å²) < 4.78 is 0. The Bertz CT molecular complexity index is 1450. The highest BCUT2D eigenvalue weighted by atomic mass is 15.3. The van der Waals surface area contributed by atoms with Crippen LogP contribution in [0.2, 0.25) is 0 Å². The van der Waals surface area contributed by atoms with Crippen LogP contribution in [-0.2, 0) is 0 Å². The SMILES string of the molecule is NC1=C(c2ccc(N)cc2)N(c2ccc(N)cc2)C(N)C(c2ccc(N)cc2)=C1c1ccc(N)cc1. The number of benzene rings is 4. The first kappa shape index (κ1) is 22.9. The van der Waals surface area contributed by atoms with Gasteiger partial charge in [-0.15, -0.1) is 0 Å². The predicted molar refractivity (Wildman–Crippen MR) is 152 cm³/mol. The first-order valence-corrected chi connectivity index (χ1v) is 11.6. The number of hydrogen-bond donors (Lipinski definition) is 6. The van der Waals surface area contributed by atoms with Crippen molar-refractivity contribution in [1.29, 1.82) is 0 Å². The van der Waals surface area contributed by atoms with Crippen LogP contribution in [0, 0.1) is 0 Å². The van der Waals surface area contributed by atoms with Gasteiger partial charge in [0.05, 0.1) is 11.4 Å². The van der Waals surface area contributed by atoms with Crippen LogP contribution in [-0.4, -0.2) is 6.17 Å². The second kappa shape index (κ2) is 9.05. The first-order valence-electron chi connectivity index (χ1n) is 11.6. The number of allylic oxidation sites excluding steroid dienone is 1. The van der Waals surface area contributed by atoms with Crippen molar-refractivity contribution in [2.75, 3.05) is 27.8 Å². The van der Waals surface area contributed by atoms with Gasteiger partial charge in [0.15, 0.2) is 0 Å². The van der Waals surface area contributed by atoms with Crippen molar-refractivity contribution >= 4 is 45.3 Å². The minimum Gasteiger partial charge on any atom is -0.399 e. The molecule has 36 heavy (non-hydrogen) atoms. The summed E-state index contributed by atoms with van der Waals surface area (Å²) in [5.74, 6) is 0.